The summed E-state index contributed by atoms with van der Waals surface area (Å²) in [5, 5.41) is 0. The molecule has 0 aromatic heterocycles. The quantitative estimate of drug-likeness (QED) is 0.203. The summed E-state index contributed by atoms with van der Waals surface area (Å²) in [5.74, 6) is 0.834. The van der Waals surface area contributed by atoms with Crippen molar-refractivity contribution in [1.29, 1.82) is 0 Å². The van der Waals surface area contributed by atoms with Gasteiger partial charge in [-0.3, -0.25) is 9.59 Å². The zero-order valence-electron chi connectivity index (χ0n) is 21.9. The Kier molecular flexibility index (Phi) is 7.64. The molecule has 1 aliphatic rings. The van der Waals surface area contributed by atoms with Crippen LogP contribution in [-0.4, -0.2) is 11.9 Å². The molecule has 1 saturated carbocycles. The molecule has 5 rings (SSSR count). The Hall–Kier alpha value is -4.58. The number of esters is 2. The van der Waals surface area contributed by atoms with E-state index in [0.717, 1.165) is 22.6 Å². The van der Waals surface area contributed by atoms with Gasteiger partial charge in [0.15, 0.2) is 0 Å². The fourth-order valence-corrected chi connectivity index (χ4v) is 4.65. The molecule has 39 heavy (non-hydrogen) atoms. The first-order valence-electron chi connectivity index (χ1n) is 12.9. The first kappa shape index (κ1) is 26.0. The summed E-state index contributed by atoms with van der Waals surface area (Å²) in [6.45, 7) is 3.95. The Bertz CT molecular complexity index is 1320. The highest BCUT2D eigenvalue weighted by molar-refractivity contribution is 5.89. The summed E-state index contributed by atoms with van der Waals surface area (Å²) < 4.78 is 22.9. The van der Waals surface area contributed by atoms with Crippen molar-refractivity contribution in [1.82, 2.24) is 0 Å². The molecule has 0 aliphatic heterocycles. The van der Waals surface area contributed by atoms with Crippen molar-refractivity contribution in [2.45, 2.75) is 27.1 Å². The predicted octanol–water partition coefficient (Wildman–Crippen LogP) is 7.33. The molecule has 198 valence electrons. The SMILES string of the molecule is CC1(C)C(C(=O)OCc2cccc(Oc3ccccc3)c2)C1C(=O)OCc1cccc(Oc2ccccc2)c1. The lowest BCUT2D eigenvalue weighted by atomic mass is 10.1. The highest BCUT2D eigenvalue weighted by atomic mass is 16.5. The molecular weight excluding hydrogens is 492 g/mol. The van der Waals surface area contributed by atoms with E-state index in [0.29, 0.717) is 11.5 Å². The van der Waals surface area contributed by atoms with Crippen LogP contribution < -0.4 is 9.47 Å². The number of carbonyl (C=O) groups is 2. The molecule has 0 saturated heterocycles. The molecule has 0 radical (unpaired) electrons. The number of benzene rings is 4. The smallest absolute Gasteiger partial charge is 0.310 e. The van der Waals surface area contributed by atoms with Crippen LogP contribution in [0.5, 0.6) is 23.0 Å². The Morgan fingerprint density at radius 2 is 0.949 bits per heavy atom. The molecule has 6 nitrogen and oxygen atoms in total. The molecule has 0 N–H and O–H groups in total. The van der Waals surface area contributed by atoms with Gasteiger partial charge in [0.05, 0.1) is 11.8 Å². The lowest BCUT2D eigenvalue weighted by Crippen LogP contribution is -2.14. The minimum atomic E-state index is -0.554. The summed E-state index contributed by atoms with van der Waals surface area (Å²) in [5.41, 5.74) is 1.06. The molecule has 4 aromatic carbocycles. The summed E-state index contributed by atoms with van der Waals surface area (Å²) in [7, 11) is 0. The van der Waals surface area contributed by atoms with E-state index in [2.05, 4.69) is 0 Å². The standard InChI is InChI=1S/C33H30O6/c1-33(2)29(31(34)36-21-23-11-9-17-27(19-23)38-25-13-5-3-6-14-25)30(33)32(35)37-22-24-12-10-18-28(20-24)39-26-15-7-4-8-16-26/h3-20,29-30H,21-22H2,1-2H3. The van der Waals surface area contributed by atoms with Gasteiger partial charge in [0.25, 0.3) is 0 Å². The third kappa shape index (κ3) is 6.47. The van der Waals surface area contributed by atoms with Gasteiger partial charge in [0.2, 0.25) is 0 Å². The molecule has 4 aromatic rings. The van der Waals surface area contributed by atoms with E-state index in [9.17, 15) is 9.59 Å². The number of hydrogen-bond donors (Lipinski definition) is 0. The van der Waals surface area contributed by atoms with E-state index < -0.39 is 29.2 Å². The van der Waals surface area contributed by atoms with Crippen molar-refractivity contribution in [3.8, 4) is 23.0 Å². The van der Waals surface area contributed by atoms with E-state index in [1.54, 1.807) is 0 Å². The average molecular weight is 523 g/mol. The molecule has 0 bridgehead atoms. The number of hydrogen-bond acceptors (Lipinski definition) is 6. The summed E-state index contributed by atoms with van der Waals surface area (Å²) in [6, 6.07) is 33.7. The maximum atomic E-state index is 12.9. The van der Waals surface area contributed by atoms with Gasteiger partial charge in [0, 0.05) is 0 Å². The third-order valence-corrected chi connectivity index (χ3v) is 6.85. The predicted molar refractivity (Wildman–Crippen MR) is 146 cm³/mol. The fourth-order valence-electron chi connectivity index (χ4n) is 4.65. The van der Waals surface area contributed by atoms with E-state index in [-0.39, 0.29) is 13.2 Å². The van der Waals surface area contributed by atoms with E-state index >= 15 is 0 Å². The monoisotopic (exact) mass is 522 g/mol. The first-order chi connectivity index (χ1) is 18.9. The van der Waals surface area contributed by atoms with Crippen molar-refractivity contribution < 1.29 is 28.5 Å². The number of ether oxygens (including phenoxy) is 4. The van der Waals surface area contributed by atoms with Gasteiger partial charge >= 0.3 is 11.9 Å². The lowest BCUT2D eigenvalue weighted by Gasteiger charge is -2.09. The minimum absolute atomic E-state index is 0.0907. The van der Waals surface area contributed by atoms with Crippen LogP contribution in [0.4, 0.5) is 0 Å². The van der Waals surface area contributed by atoms with Crippen LogP contribution in [0, 0.1) is 17.3 Å². The van der Waals surface area contributed by atoms with Gasteiger partial charge in [-0.2, -0.15) is 0 Å². The molecule has 2 unspecified atom stereocenters. The van der Waals surface area contributed by atoms with Crippen molar-refractivity contribution >= 4 is 11.9 Å². The molecule has 0 spiro atoms. The van der Waals surface area contributed by atoms with Crippen molar-refractivity contribution in [3.05, 3.63) is 120 Å². The zero-order chi connectivity index (χ0) is 27.2. The largest absolute Gasteiger partial charge is 0.461 e. The van der Waals surface area contributed by atoms with Gasteiger partial charge in [0.1, 0.15) is 36.2 Å². The molecule has 2 atom stereocenters. The van der Waals surface area contributed by atoms with E-state index in [4.69, 9.17) is 18.9 Å². The lowest BCUT2D eigenvalue weighted by molar-refractivity contribution is -0.152. The Balaban J connectivity index is 1.13. The first-order valence-corrected chi connectivity index (χ1v) is 12.9. The van der Waals surface area contributed by atoms with Crippen LogP contribution in [0.3, 0.4) is 0 Å². The van der Waals surface area contributed by atoms with Gasteiger partial charge in [-0.15, -0.1) is 0 Å². The molecule has 0 heterocycles. The maximum Gasteiger partial charge on any atom is 0.310 e. The second kappa shape index (κ2) is 11.4. The number of carbonyl (C=O) groups excluding carboxylic acids is 2. The summed E-state index contributed by atoms with van der Waals surface area (Å²) in [6.07, 6.45) is 0. The Morgan fingerprint density at radius 3 is 1.36 bits per heavy atom. The van der Waals surface area contributed by atoms with Crippen LogP contribution in [-0.2, 0) is 32.3 Å². The Labute approximate surface area is 228 Å². The van der Waals surface area contributed by atoms with Crippen LogP contribution in [0.15, 0.2) is 109 Å². The molecule has 6 heteroatoms. The summed E-state index contributed by atoms with van der Waals surface area (Å²) >= 11 is 0. The van der Waals surface area contributed by atoms with Crippen LogP contribution in [0.25, 0.3) is 0 Å². The van der Waals surface area contributed by atoms with E-state index in [1.807, 2.05) is 123 Å². The van der Waals surface area contributed by atoms with Gasteiger partial charge in [-0.05, 0) is 65.1 Å². The van der Waals surface area contributed by atoms with Crippen LogP contribution in [0.2, 0.25) is 0 Å². The average Bonchev–Trinajstić information content (AvgIpc) is 3.54. The van der Waals surface area contributed by atoms with Crippen LogP contribution in [0.1, 0.15) is 25.0 Å². The molecule has 0 amide bonds. The maximum absolute atomic E-state index is 12.9. The molecule has 1 fully saturated rings. The highest BCUT2D eigenvalue weighted by Crippen LogP contribution is 2.59. The van der Waals surface area contributed by atoms with Crippen molar-refractivity contribution in [3.63, 3.8) is 0 Å². The third-order valence-electron chi connectivity index (χ3n) is 6.85. The minimum Gasteiger partial charge on any atom is -0.461 e. The highest BCUT2D eigenvalue weighted by Gasteiger charge is 2.67. The van der Waals surface area contributed by atoms with E-state index in [1.165, 1.54) is 0 Å². The van der Waals surface area contributed by atoms with Crippen molar-refractivity contribution in [2.75, 3.05) is 0 Å². The van der Waals surface area contributed by atoms with Crippen molar-refractivity contribution in [2.24, 2.45) is 17.3 Å². The van der Waals surface area contributed by atoms with Gasteiger partial charge in [-0.1, -0.05) is 74.5 Å². The summed E-state index contributed by atoms with van der Waals surface area (Å²) in [4.78, 5) is 25.8. The zero-order valence-corrected chi connectivity index (χ0v) is 21.9. The van der Waals surface area contributed by atoms with Gasteiger partial charge in [-0.25, -0.2) is 0 Å². The number of rotatable bonds is 10. The van der Waals surface area contributed by atoms with Crippen LogP contribution >= 0.6 is 0 Å². The number of para-hydroxylation sites is 2. The Morgan fingerprint density at radius 1 is 0.564 bits per heavy atom. The second-order valence-corrected chi connectivity index (χ2v) is 10.1. The van der Waals surface area contributed by atoms with Gasteiger partial charge < -0.3 is 18.9 Å². The fraction of sp³-hybridized carbons (Fsp3) is 0.212. The second-order valence-electron chi connectivity index (χ2n) is 10.1. The molecule has 1 aliphatic carbocycles. The normalized spacial score (nSPS) is 17.1. The topological polar surface area (TPSA) is 71.1 Å². The molecular formula is C33H30O6.